The average Bonchev–Trinajstić information content (AvgIpc) is 2.92. The molecule has 122 valence electrons. The lowest BCUT2D eigenvalue weighted by molar-refractivity contribution is -0.130. The van der Waals surface area contributed by atoms with Gasteiger partial charge in [-0.3, -0.25) is 9.69 Å². The molecule has 8 heteroatoms. The van der Waals surface area contributed by atoms with Gasteiger partial charge in [0.15, 0.2) is 5.82 Å². The van der Waals surface area contributed by atoms with Crippen molar-refractivity contribution >= 4 is 23.7 Å². The highest BCUT2D eigenvalue weighted by Crippen LogP contribution is 2.21. The van der Waals surface area contributed by atoms with Crippen LogP contribution in [0.4, 0.5) is 4.79 Å². The molecule has 0 unspecified atom stereocenters. The number of carbonyl (C=O) groups excluding carboxylic acids is 2. The lowest BCUT2D eigenvalue weighted by Gasteiger charge is -2.15. The van der Waals surface area contributed by atoms with Gasteiger partial charge in [-0.2, -0.15) is 16.7 Å². The molecule has 1 aliphatic rings. The summed E-state index contributed by atoms with van der Waals surface area (Å²) < 4.78 is 5.22. The third-order valence-corrected chi connectivity index (χ3v) is 4.18. The highest BCUT2D eigenvalue weighted by molar-refractivity contribution is 7.98. The van der Waals surface area contributed by atoms with Crippen molar-refractivity contribution in [1.29, 1.82) is 0 Å². The summed E-state index contributed by atoms with van der Waals surface area (Å²) in [6.07, 6.45) is 0. The van der Waals surface area contributed by atoms with E-state index in [4.69, 9.17) is 4.52 Å². The minimum Gasteiger partial charge on any atom is -0.339 e. The molecule has 1 saturated heterocycles. The molecule has 1 fully saturated rings. The quantitative estimate of drug-likeness (QED) is 0.657. The van der Waals surface area contributed by atoms with Crippen LogP contribution in [0.1, 0.15) is 46.3 Å². The molecule has 0 spiro atoms. The molecular weight excluding hydrogens is 304 g/mol. The zero-order valence-corrected chi connectivity index (χ0v) is 14.4. The number of thioether (sulfide) groups is 1. The first-order valence-electron chi connectivity index (χ1n) is 7.16. The van der Waals surface area contributed by atoms with Gasteiger partial charge in [-0.05, 0) is 13.8 Å². The van der Waals surface area contributed by atoms with Crippen molar-refractivity contribution < 1.29 is 14.1 Å². The van der Waals surface area contributed by atoms with Crippen LogP contribution in [-0.4, -0.2) is 44.8 Å². The monoisotopic (exact) mass is 326 g/mol. The molecule has 1 aromatic rings. The van der Waals surface area contributed by atoms with Gasteiger partial charge in [-0.25, -0.2) is 4.79 Å². The summed E-state index contributed by atoms with van der Waals surface area (Å²) in [6, 6.07) is -0.329. The number of amides is 3. The van der Waals surface area contributed by atoms with Crippen molar-refractivity contribution in [2.45, 2.75) is 51.3 Å². The maximum absolute atomic E-state index is 12.0. The molecule has 0 aliphatic carbocycles. The summed E-state index contributed by atoms with van der Waals surface area (Å²) in [4.78, 5) is 29.3. The summed E-state index contributed by atoms with van der Waals surface area (Å²) in [5.41, 5.74) is -0.974. The third-order valence-electron chi connectivity index (χ3n) is 3.24. The zero-order valence-electron chi connectivity index (χ0n) is 13.6. The third kappa shape index (κ3) is 3.60. The van der Waals surface area contributed by atoms with Gasteiger partial charge in [0.1, 0.15) is 5.54 Å². The van der Waals surface area contributed by atoms with Gasteiger partial charge in [-0.1, -0.05) is 25.9 Å². The Morgan fingerprint density at radius 2 is 2.00 bits per heavy atom. The Hall–Kier alpha value is -1.57. The van der Waals surface area contributed by atoms with Crippen LogP contribution in [0.3, 0.4) is 0 Å². The van der Waals surface area contributed by atoms with Gasteiger partial charge in [0.05, 0.1) is 5.75 Å². The van der Waals surface area contributed by atoms with Crippen LogP contribution in [0.5, 0.6) is 0 Å². The predicted octanol–water partition coefficient (Wildman–Crippen LogP) is 1.93. The molecule has 2 heterocycles. The van der Waals surface area contributed by atoms with E-state index in [0.29, 0.717) is 29.8 Å². The van der Waals surface area contributed by atoms with E-state index in [9.17, 15) is 9.59 Å². The molecule has 0 bridgehead atoms. The van der Waals surface area contributed by atoms with Crippen molar-refractivity contribution in [1.82, 2.24) is 20.4 Å². The second-order valence-electron chi connectivity index (χ2n) is 6.83. The van der Waals surface area contributed by atoms with Crippen molar-refractivity contribution in [3.8, 4) is 0 Å². The Morgan fingerprint density at radius 3 is 2.50 bits per heavy atom. The minimum absolute atomic E-state index is 0.165. The molecule has 0 aromatic carbocycles. The van der Waals surface area contributed by atoms with E-state index in [0.717, 1.165) is 0 Å². The highest BCUT2D eigenvalue weighted by atomic mass is 32.2. The molecule has 7 nitrogen and oxygen atoms in total. The molecule has 0 atom stereocenters. The van der Waals surface area contributed by atoms with E-state index in [-0.39, 0.29) is 17.4 Å². The number of nitrogens with zero attached hydrogens (tertiary/aromatic N) is 3. The van der Waals surface area contributed by atoms with Crippen molar-refractivity contribution in [2.24, 2.45) is 0 Å². The first kappa shape index (κ1) is 16.8. The fourth-order valence-electron chi connectivity index (χ4n) is 1.96. The molecule has 1 aliphatic heterocycles. The molecular formula is C14H22N4O3S. The van der Waals surface area contributed by atoms with Gasteiger partial charge in [0.2, 0.25) is 5.89 Å². The largest absolute Gasteiger partial charge is 0.339 e. The van der Waals surface area contributed by atoms with Crippen LogP contribution < -0.4 is 5.32 Å². The van der Waals surface area contributed by atoms with Crippen LogP contribution >= 0.6 is 11.8 Å². The lowest BCUT2D eigenvalue weighted by atomic mass is 9.97. The van der Waals surface area contributed by atoms with Crippen molar-refractivity contribution in [3.05, 3.63) is 11.7 Å². The van der Waals surface area contributed by atoms with Gasteiger partial charge in [0.25, 0.3) is 5.91 Å². The number of urea groups is 1. The van der Waals surface area contributed by atoms with Crippen molar-refractivity contribution in [3.63, 3.8) is 0 Å². The number of imide groups is 1. The number of rotatable bonds is 5. The molecule has 1 aromatic heterocycles. The predicted molar refractivity (Wildman–Crippen MR) is 83.5 cm³/mol. The highest BCUT2D eigenvalue weighted by Gasteiger charge is 2.43. The van der Waals surface area contributed by atoms with E-state index >= 15 is 0 Å². The Bertz CT molecular complexity index is 577. The van der Waals surface area contributed by atoms with Crippen molar-refractivity contribution in [2.75, 3.05) is 12.3 Å². The molecule has 0 saturated carbocycles. The van der Waals surface area contributed by atoms with Gasteiger partial charge in [0, 0.05) is 17.7 Å². The normalized spacial score (nSPS) is 18.0. The summed E-state index contributed by atoms with van der Waals surface area (Å²) in [7, 11) is 0. The summed E-state index contributed by atoms with van der Waals surface area (Å²) in [6.45, 7) is 9.81. The Kier molecular flexibility index (Phi) is 4.51. The second kappa shape index (κ2) is 5.91. The number of nitrogens with one attached hydrogen (secondary N) is 1. The maximum atomic E-state index is 12.0. The molecule has 22 heavy (non-hydrogen) atoms. The van der Waals surface area contributed by atoms with E-state index in [1.54, 1.807) is 25.6 Å². The first-order valence-corrected chi connectivity index (χ1v) is 8.31. The van der Waals surface area contributed by atoms with Gasteiger partial charge in [-0.15, -0.1) is 0 Å². The number of hydrogen-bond acceptors (Lipinski definition) is 6. The van der Waals surface area contributed by atoms with Crippen LogP contribution in [0.15, 0.2) is 4.52 Å². The standard InChI is InChI=1S/C14H22N4O3S/c1-13(2,3)10-15-9(17-21-10)8-22-7-6-18-11(19)14(4,5)16-12(18)20/h6-8H2,1-5H3,(H,16,20). The average molecular weight is 326 g/mol. The first-order chi connectivity index (χ1) is 10.1. The number of hydrogen-bond donors (Lipinski definition) is 1. The molecule has 1 N–H and O–H groups in total. The van der Waals surface area contributed by atoms with E-state index in [2.05, 4.69) is 15.5 Å². The van der Waals surface area contributed by atoms with Crippen LogP contribution in [0.2, 0.25) is 0 Å². The van der Waals surface area contributed by atoms with E-state index in [1.165, 1.54) is 4.90 Å². The van der Waals surface area contributed by atoms with Gasteiger partial charge < -0.3 is 9.84 Å². The molecule has 0 radical (unpaired) electrons. The van der Waals surface area contributed by atoms with Crippen LogP contribution in [0.25, 0.3) is 0 Å². The Labute approximate surface area is 134 Å². The number of aromatic nitrogens is 2. The number of carbonyl (C=O) groups is 2. The Morgan fingerprint density at radius 1 is 1.32 bits per heavy atom. The Balaban J connectivity index is 1.79. The fourth-order valence-corrected chi connectivity index (χ4v) is 2.71. The van der Waals surface area contributed by atoms with Crippen LogP contribution in [0, 0.1) is 0 Å². The lowest BCUT2D eigenvalue weighted by Crippen LogP contribution is -2.40. The minimum atomic E-state index is -0.809. The smallest absolute Gasteiger partial charge is 0.325 e. The van der Waals surface area contributed by atoms with Gasteiger partial charge >= 0.3 is 6.03 Å². The fraction of sp³-hybridized carbons (Fsp3) is 0.714. The summed E-state index contributed by atoms with van der Waals surface area (Å²) >= 11 is 1.56. The van der Waals surface area contributed by atoms with E-state index < -0.39 is 5.54 Å². The summed E-state index contributed by atoms with van der Waals surface area (Å²) in [5.74, 6) is 2.28. The zero-order chi connectivity index (χ0) is 16.5. The van der Waals surface area contributed by atoms with E-state index in [1.807, 2.05) is 20.8 Å². The molecule has 2 rings (SSSR count). The van der Waals surface area contributed by atoms with Crippen LogP contribution in [-0.2, 0) is 16.0 Å². The second-order valence-corrected chi connectivity index (χ2v) is 7.94. The maximum Gasteiger partial charge on any atom is 0.325 e. The topological polar surface area (TPSA) is 88.3 Å². The summed E-state index contributed by atoms with van der Waals surface area (Å²) in [5, 5.41) is 6.60. The SMILES string of the molecule is CC1(C)NC(=O)N(CCSCc2noc(C(C)(C)C)n2)C1=O. The molecule has 3 amide bonds.